The van der Waals surface area contributed by atoms with E-state index >= 15 is 0 Å². The second kappa shape index (κ2) is 8.92. The molecular formula is C25H24N4O4S. The van der Waals surface area contributed by atoms with Crippen molar-refractivity contribution < 1.29 is 19.8 Å². The molecular weight excluding hydrogens is 452 g/mol. The van der Waals surface area contributed by atoms with Crippen LogP contribution in [0.5, 0.6) is 0 Å². The summed E-state index contributed by atoms with van der Waals surface area (Å²) < 4.78 is 1.83. The van der Waals surface area contributed by atoms with Crippen LogP contribution in [0.15, 0.2) is 54.6 Å². The van der Waals surface area contributed by atoms with E-state index in [9.17, 15) is 19.8 Å². The average molecular weight is 477 g/mol. The van der Waals surface area contributed by atoms with Crippen molar-refractivity contribution in [3.05, 3.63) is 70.7 Å². The van der Waals surface area contributed by atoms with Gasteiger partial charge in [-0.1, -0.05) is 18.2 Å². The highest BCUT2D eigenvalue weighted by molar-refractivity contribution is 7.20. The Morgan fingerprint density at radius 1 is 1.09 bits per heavy atom. The number of aryl methyl sites for hydroxylation is 1. The zero-order valence-corrected chi connectivity index (χ0v) is 19.4. The summed E-state index contributed by atoms with van der Waals surface area (Å²) in [4.78, 5) is 28.3. The molecule has 4 aromatic rings. The van der Waals surface area contributed by atoms with E-state index in [4.69, 9.17) is 0 Å². The van der Waals surface area contributed by atoms with Crippen LogP contribution in [0.4, 0.5) is 11.4 Å². The van der Waals surface area contributed by atoms with Crippen molar-refractivity contribution in [3.63, 3.8) is 0 Å². The Kier molecular flexibility index (Phi) is 5.80. The molecule has 9 heteroatoms. The molecule has 3 N–H and O–H groups in total. The van der Waals surface area contributed by atoms with Crippen LogP contribution in [-0.2, 0) is 0 Å². The monoisotopic (exact) mass is 476 g/mol. The van der Waals surface area contributed by atoms with Crippen LogP contribution in [0.2, 0.25) is 0 Å². The number of benzene rings is 2. The van der Waals surface area contributed by atoms with Crippen LogP contribution in [0.3, 0.4) is 0 Å². The molecule has 0 bridgehead atoms. The number of carboxylic acids is 1. The lowest BCUT2D eigenvalue weighted by Gasteiger charge is -2.32. The molecule has 1 aliphatic heterocycles. The van der Waals surface area contributed by atoms with Crippen LogP contribution in [0.1, 0.15) is 38.6 Å². The number of thiophene rings is 1. The number of carbonyl (C=O) groups is 2. The van der Waals surface area contributed by atoms with E-state index in [0.717, 1.165) is 21.6 Å². The molecule has 0 aliphatic carbocycles. The molecule has 34 heavy (non-hydrogen) atoms. The van der Waals surface area contributed by atoms with Gasteiger partial charge in [0, 0.05) is 24.2 Å². The Morgan fingerprint density at radius 2 is 1.82 bits per heavy atom. The van der Waals surface area contributed by atoms with Crippen LogP contribution < -0.4 is 10.2 Å². The predicted molar refractivity (Wildman–Crippen MR) is 132 cm³/mol. The van der Waals surface area contributed by atoms with Crippen molar-refractivity contribution in [1.82, 2.24) is 9.78 Å². The van der Waals surface area contributed by atoms with Crippen molar-refractivity contribution in [2.75, 3.05) is 23.3 Å². The Morgan fingerprint density at radius 3 is 2.53 bits per heavy atom. The van der Waals surface area contributed by atoms with Crippen molar-refractivity contribution in [2.24, 2.45) is 0 Å². The molecule has 1 fully saturated rings. The Labute approximate surface area is 200 Å². The number of nitrogens with one attached hydrogen (secondary N) is 1. The first-order valence-corrected chi connectivity index (χ1v) is 11.9. The molecule has 2 aromatic heterocycles. The van der Waals surface area contributed by atoms with Gasteiger partial charge in [0.2, 0.25) is 0 Å². The Balaban J connectivity index is 1.41. The first kappa shape index (κ1) is 22.1. The lowest BCUT2D eigenvalue weighted by Crippen LogP contribution is -2.36. The number of aliphatic hydroxyl groups excluding tert-OH is 1. The molecule has 0 radical (unpaired) electrons. The number of amides is 1. The van der Waals surface area contributed by atoms with Gasteiger partial charge in [-0.25, -0.2) is 9.48 Å². The fourth-order valence-corrected chi connectivity index (χ4v) is 5.34. The van der Waals surface area contributed by atoms with Crippen molar-refractivity contribution >= 4 is 44.8 Å². The van der Waals surface area contributed by atoms with Crippen molar-refractivity contribution in [3.8, 4) is 5.69 Å². The molecule has 0 unspecified atom stereocenters. The number of piperidine rings is 1. The highest BCUT2D eigenvalue weighted by atomic mass is 32.1. The smallest absolute Gasteiger partial charge is 0.337 e. The third-order valence-corrected chi connectivity index (χ3v) is 7.17. The highest BCUT2D eigenvalue weighted by Gasteiger charge is 2.23. The number of nitrogens with zero attached hydrogens (tertiary/aromatic N) is 3. The van der Waals surface area contributed by atoms with Gasteiger partial charge in [0.25, 0.3) is 5.91 Å². The number of aromatic nitrogens is 2. The van der Waals surface area contributed by atoms with Crippen LogP contribution in [-0.4, -0.2) is 51.1 Å². The molecule has 3 heterocycles. The number of hydrogen-bond acceptors (Lipinski definition) is 6. The van der Waals surface area contributed by atoms with E-state index in [-0.39, 0.29) is 17.6 Å². The van der Waals surface area contributed by atoms with Gasteiger partial charge in [0.05, 0.1) is 33.6 Å². The summed E-state index contributed by atoms with van der Waals surface area (Å²) >= 11 is 1.34. The average Bonchev–Trinajstić information content (AvgIpc) is 3.41. The number of anilines is 2. The number of aromatic carboxylic acids is 1. The van der Waals surface area contributed by atoms with Gasteiger partial charge in [0.15, 0.2) is 0 Å². The van der Waals surface area contributed by atoms with E-state index in [1.54, 1.807) is 12.1 Å². The van der Waals surface area contributed by atoms with Gasteiger partial charge in [-0.2, -0.15) is 5.10 Å². The molecule has 2 aromatic carbocycles. The molecule has 1 aliphatic rings. The van der Waals surface area contributed by atoms with Crippen LogP contribution in [0, 0.1) is 6.92 Å². The lowest BCUT2D eigenvalue weighted by atomic mass is 10.0. The second-order valence-corrected chi connectivity index (χ2v) is 9.40. The number of carboxylic acid groups (broad SMARTS) is 1. The number of aliphatic hydroxyl groups is 1. The molecule has 174 valence electrons. The number of fused-ring (bicyclic) bond motifs is 1. The molecule has 0 atom stereocenters. The Hall–Kier alpha value is -3.69. The second-order valence-electron chi connectivity index (χ2n) is 8.37. The maximum Gasteiger partial charge on any atom is 0.337 e. The normalized spacial score (nSPS) is 14.5. The van der Waals surface area contributed by atoms with Gasteiger partial charge in [-0.05, 0) is 56.2 Å². The molecule has 0 spiro atoms. The van der Waals surface area contributed by atoms with Gasteiger partial charge >= 0.3 is 5.97 Å². The number of carbonyl (C=O) groups excluding carboxylic acids is 1. The number of rotatable bonds is 5. The predicted octanol–water partition coefficient (Wildman–Crippen LogP) is 4.31. The van der Waals surface area contributed by atoms with Gasteiger partial charge in [0.1, 0.15) is 4.83 Å². The summed E-state index contributed by atoms with van der Waals surface area (Å²) in [6.45, 7) is 3.09. The largest absolute Gasteiger partial charge is 0.478 e. The quantitative estimate of drug-likeness (QED) is 0.396. The van der Waals surface area contributed by atoms with Gasteiger partial charge in [-0.3, -0.25) is 4.79 Å². The number of hydrogen-bond donors (Lipinski definition) is 3. The SMILES string of the molecule is Cc1nn(-c2ccccc2)c2sc(C(=O)Nc3ccc(N4CCC(O)CC4)c(C(=O)O)c3)cc12. The van der Waals surface area contributed by atoms with Gasteiger partial charge < -0.3 is 20.4 Å². The molecule has 8 nitrogen and oxygen atoms in total. The summed E-state index contributed by atoms with van der Waals surface area (Å²) in [5.74, 6) is -1.36. The third-order valence-electron chi connectivity index (χ3n) is 6.06. The van der Waals surface area contributed by atoms with Gasteiger partial charge in [-0.15, -0.1) is 11.3 Å². The maximum atomic E-state index is 13.0. The summed E-state index contributed by atoms with van der Waals surface area (Å²) in [6, 6.07) is 16.5. The fourth-order valence-electron chi connectivity index (χ4n) is 4.26. The molecule has 1 saturated heterocycles. The topological polar surface area (TPSA) is 108 Å². The Bertz CT molecular complexity index is 1370. The number of para-hydroxylation sites is 1. The van der Waals surface area contributed by atoms with E-state index in [1.807, 2.05) is 52.9 Å². The summed E-state index contributed by atoms with van der Waals surface area (Å²) in [5, 5.41) is 27.9. The van der Waals surface area contributed by atoms with Crippen molar-refractivity contribution in [2.45, 2.75) is 25.9 Å². The first-order chi connectivity index (χ1) is 16.4. The highest BCUT2D eigenvalue weighted by Crippen LogP contribution is 2.32. The van der Waals surface area contributed by atoms with E-state index in [1.165, 1.54) is 17.4 Å². The van der Waals surface area contributed by atoms with Crippen molar-refractivity contribution in [1.29, 1.82) is 0 Å². The lowest BCUT2D eigenvalue weighted by molar-refractivity contribution is 0.0697. The third kappa shape index (κ3) is 4.15. The summed E-state index contributed by atoms with van der Waals surface area (Å²) in [7, 11) is 0. The zero-order chi connectivity index (χ0) is 23.8. The van der Waals surface area contributed by atoms with Crippen LogP contribution >= 0.6 is 11.3 Å². The summed E-state index contributed by atoms with van der Waals surface area (Å²) in [6.07, 6.45) is 0.856. The molecule has 5 rings (SSSR count). The maximum absolute atomic E-state index is 13.0. The van der Waals surface area contributed by atoms with E-state index in [2.05, 4.69) is 10.4 Å². The minimum atomic E-state index is -1.06. The molecule has 0 saturated carbocycles. The van der Waals surface area contributed by atoms with E-state index in [0.29, 0.717) is 42.2 Å². The standard InChI is InChI=1S/C25H24N4O4S/c1-15-19-14-22(34-24(19)29(27-15)17-5-3-2-4-6-17)23(31)26-16-7-8-21(20(13-16)25(32)33)28-11-9-18(30)10-12-28/h2-8,13-14,18,30H,9-12H2,1H3,(H,26,31)(H,32,33). The minimum Gasteiger partial charge on any atom is -0.478 e. The van der Waals surface area contributed by atoms with Crippen LogP contribution in [0.25, 0.3) is 15.9 Å². The van der Waals surface area contributed by atoms with E-state index < -0.39 is 5.97 Å². The minimum absolute atomic E-state index is 0.126. The fraction of sp³-hybridized carbons (Fsp3) is 0.240. The molecule has 1 amide bonds. The first-order valence-electron chi connectivity index (χ1n) is 11.1. The summed E-state index contributed by atoms with van der Waals surface area (Å²) in [5.41, 5.74) is 2.89. The zero-order valence-electron chi connectivity index (χ0n) is 18.6.